The number of anilines is 2. The van der Waals surface area contributed by atoms with Gasteiger partial charge in [0.15, 0.2) is 50.2 Å². The third kappa shape index (κ3) is 6.15. The van der Waals surface area contributed by atoms with Gasteiger partial charge in [0.25, 0.3) is 0 Å². The van der Waals surface area contributed by atoms with Crippen LogP contribution >= 0.6 is 0 Å². The predicted octanol–water partition coefficient (Wildman–Crippen LogP) is 3.29. The van der Waals surface area contributed by atoms with Crippen LogP contribution in [-0.4, -0.2) is 48.2 Å². The van der Waals surface area contributed by atoms with Crippen LogP contribution in [0.1, 0.15) is 25.0 Å². The standard InChI is InChI=1S/C24H27N5O7/c1-15(2)36-24-28-22(25-9-16-3-5-18-20(7-16)34-13-30-11-32-18)27-23(29-24)26-10-17-4-6-19-21(8-17)35-14-31-12-33-19/h3-8,15H,9-14H2,1-2H3,(H2,25,26,27,28,29). The number of benzene rings is 2. The first-order valence-electron chi connectivity index (χ1n) is 11.5. The van der Waals surface area contributed by atoms with Gasteiger partial charge in [-0.05, 0) is 49.2 Å². The van der Waals surface area contributed by atoms with Crippen molar-refractivity contribution in [2.45, 2.75) is 33.0 Å². The van der Waals surface area contributed by atoms with Crippen molar-refractivity contribution in [1.82, 2.24) is 15.0 Å². The Morgan fingerprint density at radius 2 is 1.17 bits per heavy atom. The zero-order chi connectivity index (χ0) is 24.7. The van der Waals surface area contributed by atoms with Gasteiger partial charge in [-0.25, -0.2) is 0 Å². The highest BCUT2D eigenvalue weighted by molar-refractivity contribution is 5.46. The molecule has 0 unspecified atom stereocenters. The number of ether oxygens (including phenoxy) is 7. The number of hydrogen-bond acceptors (Lipinski definition) is 12. The van der Waals surface area contributed by atoms with E-state index in [1.54, 1.807) is 0 Å². The summed E-state index contributed by atoms with van der Waals surface area (Å²) in [6, 6.07) is 11.5. The van der Waals surface area contributed by atoms with Crippen LogP contribution in [0.2, 0.25) is 0 Å². The number of nitrogens with one attached hydrogen (secondary N) is 2. The Morgan fingerprint density at radius 1 is 0.694 bits per heavy atom. The van der Waals surface area contributed by atoms with Gasteiger partial charge in [-0.1, -0.05) is 12.1 Å². The predicted molar refractivity (Wildman–Crippen MR) is 127 cm³/mol. The molecule has 36 heavy (non-hydrogen) atoms. The second-order valence-corrected chi connectivity index (χ2v) is 8.16. The fraction of sp³-hybridized carbons (Fsp3) is 0.375. The van der Waals surface area contributed by atoms with Gasteiger partial charge in [-0.15, -0.1) is 0 Å². The summed E-state index contributed by atoms with van der Waals surface area (Å²) in [5.41, 5.74) is 1.91. The molecule has 12 nitrogen and oxygen atoms in total. The van der Waals surface area contributed by atoms with Crippen molar-refractivity contribution in [3.63, 3.8) is 0 Å². The minimum Gasteiger partial charge on any atom is -0.464 e. The van der Waals surface area contributed by atoms with Gasteiger partial charge in [0, 0.05) is 13.1 Å². The molecule has 0 saturated heterocycles. The largest absolute Gasteiger partial charge is 0.464 e. The summed E-state index contributed by atoms with van der Waals surface area (Å²) in [5, 5.41) is 6.45. The van der Waals surface area contributed by atoms with Crippen molar-refractivity contribution < 1.29 is 33.2 Å². The Bertz CT molecular complexity index is 1110. The van der Waals surface area contributed by atoms with Gasteiger partial charge in [-0.2, -0.15) is 15.0 Å². The minimum atomic E-state index is -0.0963. The molecule has 12 heteroatoms. The van der Waals surface area contributed by atoms with Gasteiger partial charge in [0.1, 0.15) is 0 Å². The van der Waals surface area contributed by atoms with Crippen LogP contribution in [-0.2, 0) is 22.6 Å². The molecule has 0 fully saturated rings. The van der Waals surface area contributed by atoms with E-state index in [1.165, 1.54) is 0 Å². The van der Waals surface area contributed by atoms with Gasteiger partial charge in [0.05, 0.1) is 6.10 Å². The van der Waals surface area contributed by atoms with Crippen LogP contribution in [0.3, 0.4) is 0 Å². The maximum atomic E-state index is 5.73. The van der Waals surface area contributed by atoms with Crippen LogP contribution in [0.15, 0.2) is 36.4 Å². The molecule has 2 N–H and O–H groups in total. The monoisotopic (exact) mass is 497 g/mol. The summed E-state index contributed by atoms with van der Waals surface area (Å²) in [5.74, 6) is 3.25. The van der Waals surface area contributed by atoms with Gasteiger partial charge in [-0.3, -0.25) is 0 Å². The van der Waals surface area contributed by atoms with Crippen LogP contribution in [0.5, 0.6) is 29.0 Å². The zero-order valence-electron chi connectivity index (χ0n) is 20.0. The van der Waals surface area contributed by atoms with Crippen LogP contribution in [0.25, 0.3) is 0 Å². The Kier molecular flexibility index (Phi) is 7.33. The van der Waals surface area contributed by atoms with Gasteiger partial charge in [0.2, 0.25) is 11.9 Å². The van der Waals surface area contributed by atoms with E-state index < -0.39 is 0 Å². The summed E-state index contributed by atoms with van der Waals surface area (Å²) < 4.78 is 38.2. The van der Waals surface area contributed by atoms with E-state index in [0.717, 1.165) is 11.1 Å². The van der Waals surface area contributed by atoms with Crippen molar-refractivity contribution in [3.8, 4) is 29.0 Å². The quantitative estimate of drug-likeness (QED) is 0.474. The molecule has 3 heterocycles. The van der Waals surface area contributed by atoms with Crippen molar-refractivity contribution >= 4 is 11.9 Å². The SMILES string of the molecule is CC(C)Oc1nc(NCc2ccc3c(c2)OCOCO3)nc(NCc2ccc3c(c2)OCOCO3)n1. The minimum absolute atomic E-state index is 0.0963. The van der Waals surface area contributed by atoms with Crippen LogP contribution in [0.4, 0.5) is 11.9 Å². The van der Waals surface area contributed by atoms with Crippen molar-refractivity contribution in [2.75, 3.05) is 37.8 Å². The lowest BCUT2D eigenvalue weighted by Gasteiger charge is -2.13. The molecule has 5 rings (SSSR count). The van der Waals surface area contributed by atoms with E-state index in [0.29, 0.717) is 48.0 Å². The zero-order valence-corrected chi connectivity index (χ0v) is 20.0. The molecule has 1 aromatic heterocycles. The van der Waals surface area contributed by atoms with E-state index in [4.69, 9.17) is 33.2 Å². The summed E-state index contributed by atoms with van der Waals surface area (Å²) in [4.78, 5) is 13.3. The van der Waals surface area contributed by atoms with Crippen molar-refractivity contribution in [1.29, 1.82) is 0 Å². The number of hydrogen-bond donors (Lipinski definition) is 2. The molecule has 2 aliphatic heterocycles. The Balaban J connectivity index is 1.28. The number of fused-ring (bicyclic) bond motifs is 2. The highest BCUT2D eigenvalue weighted by Crippen LogP contribution is 2.31. The van der Waals surface area contributed by atoms with Gasteiger partial charge >= 0.3 is 6.01 Å². The highest BCUT2D eigenvalue weighted by atomic mass is 16.8. The molecular weight excluding hydrogens is 470 g/mol. The second kappa shape index (κ2) is 11.1. The van der Waals surface area contributed by atoms with E-state index in [-0.39, 0.29) is 39.3 Å². The average Bonchev–Trinajstić information content (AvgIpc) is 3.25. The first-order valence-corrected chi connectivity index (χ1v) is 11.5. The molecule has 3 aromatic rings. The molecule has 0 spiro atoms. The number of nitrogens with zero attached hydrogens (tertiary/aromatic N) is 3. The first-order chi connectivity index (χ1) is 17.6. The molecule has 0 amide bonds. The lowest BCUT2D eigenvalue weighted by atomic mass is 10.2. The molecule has 190 valence electrons. The van der Waals surface area contributed by atoms with E-state index in [1.807, 2.05) is 50.2 Å². The van der Waals surface area contributed by atoms with E-state index >= 15 is 0 Å². The maximum absolute atomic E-state index is 5.73. The number of rotatable bonds is 8. The maximum Gasteiger partial charge on any atom is 0.323 e. The Hall–Kier alpha value is -4.03. The molecule has 0 bridgehead atoms. The van der Waals surface area contributed by atoms with Crippen molar-refractivity contribution in [2.24, 2.45) is 0 Å². The fourth-order valence-corrected chi connectivity index (χ4v) is 3.42. The van der Waals surface area contributed by atoms with E-state index in [9.17, 15) is 0 Å². The highest BCUT2D eigenvalue weighted by Gasteiger charge is 2.14. The molecule has 2 aliphatic rings. The molecule has 0 saturated carbocycles. The second-order valence-electron chi connectivity index (χ2n) is 8.16. The molecule has 0 radical (unpaired) electrons. The third-order valence-electron chi connectivity index (χ3n) is 5.06. The summed E-state index contributed by atoms with van der Waals surface area (Å²) in [6.45, 7) is 5.31. The molecule has 0 atom stereocenters. The van der Waals surface area contributed by atoms with Crippen LogP contribution < -0.4 is 34.3 Å². The average molecular weight is 498 g/mol. The topological polar surface area (TPSA) is 127 Å². The lowest BCUT2D eigenvalue weighted by molar-refractivity contribution is -0.0352. The Morgan fingerprint density at radius 3 is 1.64 bits per heavy atom. The Labute approximate surface area is 207 Å². The summed E-state index contributed by atoms with van der Waals surface area (Å²) in [7, 11) is 0. The normalized spacial score (nSPS) is 14.5. The summed E-state index contributed by atoms with van der Waals surface area (Å²) >= 11 is 0. The first kappa shape index (κ1) is 23.7. The van der Waals surface area contributed by atoms with Gasteiger partial charge < -0.3 is 43.8 Å². The smallest absolute Gasteiger partial charge is 0.323 e. The molecule has 0 aliphatic carbocycles. The fourth-order valence-electron chi connectivity index (χ4n) is 3.42. The van der Waals surface area contributed by atoms with Crippen LogP contribution in [0, 0.1) is 0 Å². The lowest BCUT2D eigenvalue weighted by Crippen LogP contribution is -2.14. The number of aromatic nitrogens is 3. The van der Waals surface area contributed by atoms with E-state index in [2.05, 4.69) is 25.6 Å². The molecular formula is C24H27N5O7. The molecule has 2 aromatic carbocycles. The van der Waals surface area contributed by atoms with Crippen molar-refractivity contribution in [3.05, 3.63) is 47.5 Å². The summed E-state index contributed by atoms with van der Waals surface area (Å²) in [6.07, 6.45) is -0.0963. The third-order valence-corrected chi connectivity index (χ3v) is 5.06.